The summed E-state index contributed by atoms with van der Waals surface area (Å²) in [5.74, 6) is 0.0503. The molecule has 0 amide bonds. The fraction of sp³-hybridized carbons (Fsp3) is 0.294. The summed E-state index contributed by atoms with van der Waals surface area (Å²) < 4.78 is 13.3. The lowest BCUT2D eigenvalue weighted by molar-refractivity contribution is 0.542. The van der Waals surface area contributed by atoms with E-state index in [1.165, 1.54) is 11.6 Å². The standard InChI is InChI=1S/C17H17ClFN/c18-15-11-13(6-7-16(15)19)14-8-9-20-17(14)10-12-4-2-1-3-5-12/h1-7,11,14,17,20H,8-10H2. The van der Waals surface area contributed by atoms with Crippen LogP contribution in [0.4, 0.5) is 4.39 Å². The Morgan fingerprint density at radius 2 is 1.95 bits per heavy atom. The molecule has 1 saturated heterocycles. The third-order valence-corrected chi connectivity index (χ3v) is 4.31. The molecule has 1 heterocycles. The minimum absolute atomic E-state index is 0.216. The van der Waals surface area contributed by atoms with Crippen molar-refractivity contribution < 1.29 is 4.39 Å². The van der Waals surface area contributed by atoms with E-state index in [4.69, 9.17) is 11.6 Å². The van der Waals surface area contributed by atoms with Gasteiger partial charge in [0, 0.05) is 12.0 Å². The SMILES string of the molecule is Fc1ccc(C2CCNC2Cc2ccccc2)cc1Cl. The molecule has 2 aromatic rings. The minimum atomic E-state index is -0.346. The zero-order valence-corrected chi connectivity index (χ0v) is 11.9. The largest absolute Gasteiger partial charge is 0.313 e. The molecule has 1 aliphatic heterocycles. The number of hydrogen-bond acceptors (Lipinski definition) is 1. The quantitative estimate of drug-likeness (QED) is 0.894. The smallest absolute Gasteiger partial charge is 0.141 e. The molecule has 1 N–H and O–H groups in total. The van der Waals surface area contributed by atoms with Crippen LogP contribution >= 0.6 is 11.6 Å². The predicted octanol–water partition coefficient (Wildman–Crippen LogP) is 4.17. The molecule has 1 aliphatic rings. The molecule has 0 spiro atoms. The van der Waals surface area contributed by atoms with Crippen LogP contribution in [0.3, 0.4) is 0 Å². The molecular formula is C17H17ClFN. The van der Waals surface area contributed by atoms with E-state index in [9.17, 15) is 4.39 Å². The van der Waals surface area contributed by atoms with E-state index >= 15 is 0 Å². The van der Waals surface area contributed by atoms with Crippen molar-refractivity contribution in [2.45, 2.75) is 24.8 Å². The Bertz CT molecular complexity index is 585. The highest BCUT2D eigenvalue weighted by Gasteiger charge is 2.28. The van der Waals surface area contributed by atoms with Gasteiger partial charge in [-0.25, -0.2) is 4.39 Å². The van der Waals surface area contributed by atoms with E-state index in [0.717, 1.165) is 24.9 Å². The van der Waals surface area contributed by atoms with Crippen molar-refractivity contribution in [2.75, 3.05) is 6.54 Å². The second-order valence-electron chi connectivity index (χ2n) is 5.32. The van der Waals surface area contributed by atoms with Crippen LogP contribution in [-0.4, -0.2) is 12.6 Å². The molecule has 2 atom stereocenters. The number of hydrogen-bond donors (Lipinski definition) is 1. The lowest BCUT2D eigenvalue weighted by Crippen LogP contribution is -2.28. The molecule has 0 aromatic heterocycles. The summed E-state index contributed by atoms with van der Waals surface area (Å²) >= 11 is 5.90. The van der Waals surface area contributed by atoms with Gasteiger partial charge in [-0.3, -0.25) is 0 Å². The number of rotatable bonds is 3. The highest BCUT2D eigenvalue weighted by Crippen LogP contribution is 2.31. The molecule has 3 heteroatoms. The Morgan fingerprint density at radius 3 is 2.70 bits per heavy atom. The molecule has 0 bridgehead atoms. The Balaban J connectivity index is 1.80. The Morgan fingerprint density at radius 1 is 1.15 bits per heavy atom. The van der Waals surface area contributed by atoms with Crippen LogP contribution in [0.15, 0.2) is 48.5 Å². The second-order valence-corrected chi connectivity index (χ2v) is 5.73. The van der Waals surface area contributed by atoms with E-state index < -0.39 is 0 Å². The zero-order valence-electron chi connectivity index (χ0n) is 11.2. The van der Waals surface area contributed by atoms with Crippen LogP contribution in [0.1, 0.15) is 23.5 Å². The van der Waals surface area contributed by atoms with Crippen LogP contribution in [0.25, 0.3) is 0 Å². The van der Waals surface area contributed by atoms with Crippen molar-refractivity contribution in [3.05, 3.63) is 70.5 Å². The average molecular weight is 290 g/mol. The Labute approximate surface area is 123 Å². The molecule has 1 fully saturated rings. The van der Waals surface area contributed by atoms with Gasteiger partial charge in [-0.1, -0.05) is 48.0 Å². The summed E-state index contributed by atoms with van der Waals surface area (Å²) in [6, 6.07) is 15.9. The topological polar surface area (TPSA) is 12.0 Å². The monoisotopic (exact) mass is 289 g/mol. The fourth-order valence-corrected chi connectivity index (χ4v) is 3.18. The predicted molar refractivity (Wildman–Crippen MR) is 80.7 cm³/mol. The van der Waals surface area contributed by atoms with Crippen molar-refractivity contribution in [3.63, 3.8) is 0 Å². The fourth-order valence-electron chi connectivity index (χ4n) is 2.99. The van der Waals surface area contributed by atoms with E-state index in [0.29, 0.717) is 12.0 Å². The van der Waals surface area contributed by atoms with E-state index in [-0.39, 0.29) is 10.8 Å². The number of nitrogens with one attached hydrogen (secondary N) is 1. The first-order chi connectivity index (χ1) is 9.74. The highest BCUT2D eigenvalue weighted by atomic mass is 35.5. The lowest BCUT2D eigenvalue weighted by atomic mass is 9.88. The van der Waals surface area contributed by atoms with Crippen LogP contribution in [-0.2, 0) is 6.42 Å². The Kier molecular flexibility index (Phi) is 4.04. The molecule has 0 saturated carbocycles. The van der Waals surface area contributed by atoms with Gasteiger partial charge < -0.3 is 5.32 Å². The van der Waals surface area contributed by atoms with E-state index in [1.807, 2.05) is 12.1 Å². The first kappa shape index (κ1) is 13.6. The van der Waals surface area contributed by atoms with E-state index in [2.05, 4.69) is 29.6 Å². The highest BCUT2D eigenvalue weighted by molar-refractivity contribution is 6.30. The van der Waals surface area contributed by atoms with Gasteiger partial charge in [0.25, 0.3) is 0 Å². The maximum absolute atomic E-state index is 13.3. The number of halogens is 2. The van der Waals surface area contributed by atoms with Gasteiger partial charge in [-0.15, -0.1) is 0 Å². The number of benzene rings is 2. The first-order valence-electron chi connectivity index (χ1n) is 6.96. The van der Waals surface area contributed by atoms with Crippen molar-refractivity contribution in [2.24, 2.45) is 0 Å². The van der Waals surface area contributed by atoms with Gasteiger partial charge in [-0.05, 0) is 42.6 Å². The van der Waals surface area contributed by atoms with Crippen molar-refractivity contribution >= 4 is 11.6 Å². The van der Waals surface area contributed by atoms with Crippen LogP contribution in [0.2, 0.25) is 5.02 Å². The van der Waals surface area contributed by atoms with Crippen molar-refractivity contribution in [1.29, 1.82) is 0 Å². The Hall–Kier alpha value is -1.38. The molecule has 2 unspecified atom stereocenters. The van der Waals surface area contributed by atoms with Crippen molar-refractivity contribution in [1.82, 2.24) is 5.32 Å². The van der Waals surface area contributed by atoms with Gasteiger partial charge >= 0.3 is 0 Å². The third-order valence-electron chi connectivity index (χ3n) is 4.02. The van der Waals surface area contributed by atoms with Crippen molar-refractivity contribution in [3.8, 4) is 0 Å². The van der Waals surface area contributed by atoms with Gasteiger partial charge in [0.05, 0.1) is 5.02 Å². The van der Waals surface area contributed by atoms with E-state index in [1.54, 1.807) is 6.07 Å². The molecule has 2 aromatic carbocycles. The normalized spacial score (nSPS) is 22.1. The zero-order chi connectivity index (χ0) is 13.9. The summed E-state index contributed by atoms with van der Waals surface area (Å²) in [5, 5.41) is 3.77. The summed E-state index contributed by atoms with van der Waals surface area (Å²) in [7, 11) is 0. The van der Waals surface area contributed by atoms with Gasteiger partial charge in [0.15, 0.2) is 0 Å². The third kappa shape index (κ3) is 2.87. The van der Waals surface area contributed by atoms with Gasteiger partial charge in [0.2, 0.25) is 0 Å². The first-order valence-corrected chi connectivity index (χ1v) is 7.34. The summed E-state index contributed by atoms with van der Waals surface area (Å²) in [5.41, 5.74) is 2.45. The molecular weight excluding hydrogens is 273 g/mol. The van der Waals surface area contributed by atoms with Crippen LogP contribution in [0.5, 0.6) is 0 Å². The maximum atomic E-state index is 13.3. The second kappa shape index (κ2) is 5.94. The average Bonchev–Trinajstić information content (AvgIpc) is 2.91. The summed E-state index contributed by atoms with van der Waals surface area (Å²) in [6.07, 6.45) is 2.06. The molecule has 20 heavy (non-hydrogen) atoms. The molecule has 0 radical (unpaired) electrons. The van der Waals surface area contributed by atoms with Crippen LogP contribution in [0, 0.1) is 5.82 Å². The van der Waals surface area contributed by atoms with Gasteiger partial charge in [0.1, 0.15) is 5.82 Å². The van der Waals surface area contributed by atoms with Crippen LogP contribution < -0.4 is 5.32 Å². The maximum Gasteiger partial charge on any atom is 0.141 e. The summed E-state index contributed by atoms with van der Waals surface area (Å²) in [4.78, 5) is 0. The van der Waals surface area contributed by atoms with Gasteiger partial charge in [-0.2, -0.15) is 0 Å². The minimum Gasteiger partial charge on any atom is -0.313 e. The molecule has 3 rings (SSSR count). The lowest BCUT2D eigenvalue weighted by Gasteiger charge is -2.20. The molecule has 0 aliphatic carbocycles. The summed E-state index contributed by atoms with van der Waals surface area (Å²) in [6.45, 7) is 0.997. The molecule has 1 nitrogen and oxygen atoms in total. The molecule has 104 valence electrons.